The Labute approximate surface area is 110 Å². The largest absolute Gasteiger partial charge is 0.515 e. The average molecular weight is 266 g/mol. The minimum atomic E-state index is -0.183. The van der Waals surface area contributed by atoms with Crippen LogP contribution in [0.4, 0.5) is 0 Å². The Morgan fingerprint density at radius 3 is 2.24 bits per heavy atom. The Kier molecular flexibility index (Phi) is 5.94. The molecule has 0 bridgehead atoms. The third-order valence-electron chi connectivity index (χ3n) is 2.13. The van der Waals surface area contributed by atoms with Crippen molar-refractivity contribution < 1.29 is 9.90 Å². The number of carbonyl (C=O) groups is 1. The molecule has 0 radical (unpaired) electrons. The lowest BCUT2D eigenvalue weighted by Gasteiger charge is -2.03. The van der Waals surface area contributed by atoms with Crippen LogP contribution in [0.3, 0.4) is 0 Å². The highest BCUT2D eigenvalue weighted by Gasteiger charge is 2.10. The highest BCUT2D eigenvalue weighted by molar-refractivity contribution is 8.21. The van der Waals surface area contributed by atoms with E-state index < -0.39 is 0 Å². The number of benzene rings is 1. The standard InChI is InChI=1S/C13H14O2S2/c1-16-13(17-2)8-12(15)11(9-14)10-6-4-3-5-7-10/h3-9,14H,1-2H3/b11-9+. The highest BCUT2D eigenvalue weighted by Crippen LogP contribution is 2.25. The van der Waals surface area contributed by atoms with E-state index in [2.05, 4.69) is 0 Å². The molecule has 0 saturated carbocycles. The van der Waals surface area contributed by atoms with Gasteiger partial charge in [-0.3, -0.25) is 4.79 Å². The van der Waals surface area contributed by atoms with E-state index in [4.69, 9.17) is 0 Å². The van der Waals surface area contributed by atoms with Crippen LogP contribution in [0.5, 0.6) is 0 Å². The Morgan fingerprint density at radius 2 is 1.76 bits per heavy atom. The average Bonchev–Trinajstić information content (AvgIpc) is 2.38. The van der Waals surface area contributed by atoms with Crippen molar-refractivity contribution in [3.05, 3.63) is 52.5 Å². The number of allylic oxidation sites excluding steroid dienone is 2. The van der Waals surface area contributed by atoms with Crippen molar-refractivity contribution in [3.8, 4) is 0 Å². The van der Waals surface area contributed by atoms with E-state index >= 15 is 0 Å². The van der Waals surface area contributed by atoms with E-state index in [1.165, 1.54) is 23.5 Å². The molecule has 90 valence electrons. The quantitative estimate of drug-likeness (QED) is 0.651. The summed E-state index contributed by atoms with van der Waals surface area (Å²) in [6, 6.07) is 9.13. The lowest BCUT2D eigenvalue weighted by molar-refractivity contribution is -0.109. The molecule has 1 rings (SSSR count). The van der Waals surface area contributed by atoms with Crippen LogP contribution in [0.1, 0.15) is 5.56 Å². The second kappa shape index (κ2) is 7.25. The van der Waals surface area contributed by atoms with Crippen LogP contribution in [0.15, 0.2) is 46.9 Å². The summed E-state index contributed by atoms with van der Waals surface area (Å²) in [5.74, 6) is -0.183. The lowest BCUT2D eigenvalue weighted by Crippen LogP contribution is -1.98. The lowest BCUT2D eigenvalue weighted by atomic mass is 10.0. The SMILES string of the molecule is CSC(=CC(=O)/C(=C/O)c1ccccc1)SC. The summed E-state index contributed by atoms with van der Waals surface area (Å²) in [5.41, 5.74) is 1.03. The molecule has 0 aliphatic rings. The first-order chi connectivity index (χ1) is 8.22. The molecule has 0 fully saturated rings. The predicted molar refractivity (Wildman–Crippen MR) is 77.2 cm³/mol. The van der Waals surface area contributed by atoms with Gasteiger partial charge in [0.15, 0.2) is 5.78 Å². The van der Waals surface area contributed by atoms with E-state index in [0.717, 1.165) is 16.1 Å². The Bertz CT molecular complexity index is 430. The van der Waals surface area contributed by atoms with Crippen molar-refractivity contribution in [1.29, 1.82) is 0 Å². The predicted octanol–water partition coefficient (Wildman–Crippen LogP) is 3.72. The van der Waals surface area contributed by atoms with Crippen LogP contribution in [0.25, 0.3) is 5.57 Å². The number of aliphatic hydroxyl groups excluding tert-OH is 1. The topological polar surface area (TPSA) is 37.3 Å². The highest BCUT2D eigenvalue weighted by atomic mass is 32.2. The number of aliphatic hydroxyl groups is 1. The number of rotatable bonds is 5. The van der Waals surface area contributed by atoms with Crippen LogP contribution in [0, 0.1) is 0 Å². The van der Waals surface area contributed by atoms with E-state index in [0.29, 0.717) is 5.57 Å². The molecule has 0 aliphatic heterocycles. The second-order valence-electron chi connectivity index (χ2n) is 3.14. The van der Waals surface area contributed by atoms with Gasteiger partial charge in [-0.15, -0.1) is 23.5 Å². The summed E-state index contributed by atoms with van der Waals surface area (Å²) in [4.78, 5) is 12.0. The molecular formula is C13H14O2S2. The Morgan fingerprint density at radius 1 is 1.18 bits per heavy atom. The van der Waals surface area contributed by atoms with Crippen LogP contribution in [-0.2, 0) is 4.79 Å². The number of carbonyl (C=O) groups excluding carboxylic acids is 1. The molecule has 0 amide bonds. The first kappa shape index (κ1) is 13.9. The van der Waals surface area contributed by atoms with E-state index in [9.17, 15) is 9.90 Å². The van der Waals surface area contributed by atoms with Crippen LogP contribution >= 0.6 is 23.5 Å². The minimum absolute atomic E-state index is 0.183. The summed E-state index contributed by atoms with van der Waals surface area (Å²) in [5, 5.41) is 9.18. The maximum absolute atomic E-state index is 12.0. The van der Waals surface area contributed by atoms with Gasteiger partial charge >= 0.3 is 0 Å². The van der Waals surface area contributed by atoms with Crippen molar-refractivity contribution in [1.82, 2.24) is 0 Å². The van der Waals surface area contributed by atoms with Gasteiger partial charge in [-0.1, -0.05) is 30.3 Å². The molecule has 0 spiro atoms. The normalized spacial score (nSPS) is 11.1. The zero-order valence-corrected chi connectivity index (χ0v) is 11.3. The van der Waals surface area contributed by atoms with Gasteiger partial charge in [0.1, 0.15) is 0 Å². The maximum atomic E-state index is 12.0. The number of ketones is 1. The molecule has 0 aromatic heterocycles. The first-order valence-corrected chi connectivity index (χ1v) is 7.41. The summed E-state index contributed by atoms with van der Waals surface area (Å²) < 4.78 is 0.922. The van der Waals surface area contributed by atoms with Crippen molar-refractivity contribution in [2.24, 2.45) is 0 Å². The molecule has 0 atom stereocenters. The molecule has 17 heavy (non-hydrogen) atoms. The third-order valence-corrected chi connectivity index (χ3v) is 4.17. The molecular weight excluding hydrogens is 252 g/mol. The minimum Gasteiger partial charge on any atom is -0.515 e. The fourth-order valence-electron chi connectivity index (χ4n) is 1.28. The van der Waals surface area contributed by atoms with Gasteiger partial charge in [0, 0.05) is 10.3 Å². The molecule has 0 unspecified atom stereocenters. The third kappa shape index (κ3) is 3.98. The van der Waals surface area contributed by atoms with E-state index in [1.54, 1.807) is 18.2 Å². The molecule has 2 nitrogen and oxygen atoms in total. The number of thioether (sulfide) groups is 2. The van der Waals surface area contributed by atoms with Crippen molar-refractivity contribution in [2.75, 3.05) is 12.5 Å². The molecule has 0 aliphatic carbocycles. The monoisotopic (exact) mass is 266 g/mol. The van der Waals surface area contributed by atoms with Gasteiger partial charge < -0.3 is 5.11 Å². The molecule has 1 aromatic carbocycles. The van der Waals surface area contributed by atoms with Crippen LogP contribution in [0.2, 0.25) is 0 Å². The van der Waals surface area contributed by atoms with Crippen molar-refractivity contribution >= 4 is 34.9 Å². The summed E-state index contributed by atoms with van der Waals surface area (Å²) >= 11 is 3.03. The smallest absolute Gasteiger partial charge is 0.191 e. The van der Waals surface area contributed by atoms with Crippen LogP contribution < -0.4 is 0 Å². The summed E-state index contributed by atoms with van der Waals surface area (Å²) in [6.45, 7) is 0. The van der Waals surface area contributed by atoms with E-state index in [1.807, 2.05) is 30.7 Å². The van der Waals surface area contributed by atoms with Gasteiger partial charge in [0.2, 0.25) is 0 Å². The van der Waals surface area contributed by atoms with Crippen molar-refractivity contribution in [3.63, 3.8) is 0 Å². The molecule has 4 heteroatoms. The Hall–Kier alpha value is -1.13. The molecule has 1 N–H and O–H groups in total. The number of hydrogen-bond donors (Lipinski definition) is 1. The zero-order valence-electron chi connectivity index (χ0n) is 9.71. The number of hydrogen-bond acceptors (Lipinski definition) is 4. The van der Waals surface area contributed by atoms with E-state index in [-0.39, 0.29) is 5.78 Å². The van der Waals surface area contributed by atoms with Crippen molar-refractivity contribution in [2.45, 2.75) is 0 Å². The zero-order chi connectivity index (χ0) is 12.7. The van der Waals surface area contributed by atoms with Crippen LogP contribution in [-0.4, -0.2) is 23.4 Å². The molecule has 0 heterocycles. The van der Waals surface area contributed by atoms with Gasteiger partial charge in [0.05, 0.1) is 11.8 Å². The first-order valence-electron chi connectivity index (χ1n) is 4.96. The fourth-order valence-corrected chi connectivity index (χ4v) is 2.40. The second-order valence-corrected chi connectivity index (χ2v) is 5.10. The molecule has 0 saturated heterocycles. The van der Waals surface area contributed by atoms with Gasteiger partial charge in [-0.2, -0.15) is 0 Å². The summed E-state index contributed by atoms with van der Waals surface area (Å²) in [6.07, 6.45) is 6.25. The Balaban J connectivity index is 2.98. The maximum Gasteiger partial charge on any atom is 0.191 e. The van der Waals surface area contributed by atoms with Gasteiger partial charge in [0.25, 0.3) is 0 Å². The van der Waals surface area contributed by atoms with Gasteiger partial charge in [-0.05, 0) is 18.1 Å². The van der Waals surface area contributed by atoms with Gasteiger partial charge in [-0.25, -0.2) is 0 Å². The fraction of sp³-hybridized carbons (Fsp3) is 0.154. The summed E-state index contributed by atoms with van der Waals surface area (Å²) in [7, 11) is 0. The molecule has 1 aromatic rings.